The molecule has 0 fully saturated rings. The van der Waals surface area contributed by atoms with Crippen LogP contribution >= 0.6 is 0 Å². The summed E-state index contributed by atoms with van der Waals surface area (Å²) in [6, 6.07) is 21.5. The number of anilines is 1. The third-order valence-corrected chi connectivity index (χ3v) is 8.77. The smallest absolute Gasteiger partial charge is 0.310 e. The lowest BCUT2D eigenvalue weighted by molar-refractivity contribution is -0.497. The van der Waals surface area contributed by atoms with Crippen molar-refractivity contribution in [2.75, 3.05) is 25.0 Å². The fourth-order valence-electron chi connectivity index (χ4n) is 4.81. The summed E-state index contributed by atoms with van der Waals surface area (Å²) < 4.78 is 53.2. The van der Waals surface area contributed by atoms with Crippen LogP contribution in [0.3, 0.4) is 0 Å². The predicted molar refractivity (Wildman–Crippen MR) is 189 cm³/mol. The van der Waals surface area contributed by atoms with Gasteiger partial charge in [-0.3, -0.25) is 19.9 Å². The lowest BCUT2D eigenvalue weighted by Crippen LogP contribution is -2.18. The number of para-hydroxylation sites is 2. The number of methoxy groups -OCH3 is 1. The third kappa shape index (κ3) is 10.7. The molecule has 0 aliphatic heterocycles. The predicted octanol–water partition coefficient (Wildman–Crippen LogP) is 5.51. The summed E-state index contributed by atoms with van der Waals surface area (Å²) in [5.74, 6) is -0.758. The number of carbonyl (C=O) groups excluding carboxylic acids is 1. The van der Waals surface area contributed by atoms with E-state index < -0.39 is 21.4 Å². The number of rotatable bonds is 16. The molecule has 0 atom stereocenters. The quantitative estimate of drug-likeness (QED) is 0.0647. The van der Waals surface area contributed by atoms with E-state index in [4.69, 9.17) is 29.4 Å². The van der Waals surface area contributed by atoms with Gasteiger partial charge in [0.25, 0.3) is 15.9 Å². The zero-order chi connectivity index (χ0) is 38.0. The second-order valence-electron chi connectivity index (χ2n) is 12.3. The van der Waals surface area contributed by atoms with Crippen LogP contribution in [0, 0.1) is 0 Å². The Labute approximate surface area is 305 Å². The molecule has 0 amide bonds. The Hall–Kier alpha value is -5.72. The van der Waals surface area contributed by atoms with E-state index >= 15 is 0 Å². The van der Waals surface area contributed by atoms with Gasteiger partial charge in [-0.25, -0.2) is 28.2 Å². The Bertz CT molecular complexity index is 2110. The highest BCUT2D eigenvalue weighted by atomic mass is 32.2. The molecule has 0 saturated heterocycles. The summed E-state index contributed by atoms with van der Waals surface area (Å²) in [6.07, 6.45) is 2.86. The largest absolute Gasteiger partial charge is 0.493 e. The molecule has 0 saturated carbocycles. The third-order valence-electron chi connectivity index (χ3n) is 7.41. The van der Waals surface area contributed by atoms with Crippen LogP contribution in [0.5, 0.6) is 23.1 Å². The molecule has 0 radical (unpaired) electrons. The van der Waals surface area contributed by atoms with Gasteiger partial charge in [-0.1, -0.05) is 69.3 Å². The molecule has 5 aromatic rings. The van der Waals surface area contributed by atoms with Gasteiger partial charge in [-0.2, -0.15) is 4.98 Å². The molecule has 3 aromatic carbocycles. The Balaban J connectivity index is 1.44. The number of benzene rings is 3. The maximum Gasteiger partial charge on any atom is 0.310 e. The van der Waals surface area contributed by atoms with Gasteiger partial charge in [0.15, 0.2) is 23.1 Å². The first-order chi connectivity index (χ1) is 25.3. The average Bonchev–Trinajstić information content (AvgIpc) is 3.13. The topological polar surface area (TPSA) is 205 Å². The lowest BCUT2D eigenvalue weighted by Gasteiger charge is -2.20. The number of nitrogens with one attached hydrogen (secondary N) is 1. The van der Waals surface area contributed by atoms with Crippen molar-refractivity contribution in [1.29, 1.82) is 0 Å². The molecule has 0 spiro atoms. The van der Waals surface area contributed by atoms with Crippen LogP contribution in [0.2, 0.25) is 0 Å². The SMILES string of the molecule is COc1ccccc1Oc1c(NS(=O)(=O)c2ccc(C(C)(C)C)cc2)nc(-c2ncccn2)nc1OCCOC(=O)Cc1cccc(CON(O)O)c1. The summed E-state index contributed by atoms with van der Waals surface area (Å²) in [6.45, 7) is 5.48. The molecule has 5 rings (SSSR count). The Morgan fingerprint density at radius 1 is 0.849 bits per heavy atom. The number of hydrogen-bond donors (Lipinski definition) is 3. The number of ether oxygens (including phenoxy) is 4. The van der Waals surface area contributed by atoms with Gasteiger partial charge in [0.2, 0.25) is 11.6 Å². The van der Waals surface area contributed by atoms with Gasteiger partial charge >= 0.3 is 5.97 Å². The molecule has 0 unspecified atom stereocenters. The first-order valence-corrected chi connectivity index (χ1v) is 17.6. The fourth-order valence-corrected chi connectivity index (χ4v) is 5.82. The highest BCUT2D eigenvalue weighted by Gasteiger charge is 2.26. The van der Waals surface area contributed by atoms with Gasteiger partial charge in [0.05, 0.1) is 30.4 Å². The second kappa shape index (κ2) is 17.2. The molecule has 53 heavy (non-hydrogen) atoms. The molecule has 3 N–H and O–H groups in total. The van der Waals surface area contributed by atoms with Crippen molar-refractivity contribution >= 4 is 21.8 Å². The molecule has 0 bridgehead atoms. The van der Waals surface area contributed by atoms with Gasteiger partial charge in [-0.05, 0) is 52.4 Å². The van der Waals surface area contributed by atoms with Crippen molar-refractivity contribution in [3.05, 3.63) is 108 Å². The van der Waals surface area contributed by atoms with Crippen LogP contribution in [0.4, 0.5) is 5.82 Å². The van der Waals surface area contributed by atoms with Gasteiger partial charge in [0, 0.05) is 12.4 Å². The molecule has 278 valence electrons. The zero-order valence-electron chi connectivity index (χ0n) is 29.3. The first kappa shape index (κ1) is 38.5. The molecule has 0 aliphatic carbocycles. The molecular weight excluding hydrogens is 708 g/mol. The number of sulfonamides is 1. The minimum absolute atomic E-state index is 0.0268. The van der Waals surface area contributed by atoms with Crippen molar-refractivity contribution in [3.8, 4) is 34.8 Å². The van der Waals surface area contributed by atoms with Gasteiger partial charge < -0.3 is 18.9 Å². The zero-order valence-corrected chi connectivity index (χ0v) is 30.1. The van der Waals surface area contributed by atoms with Crippen LogP contribution in [-0.4, -0.2) is 70.5 Å². The van der Waals surface area contributed by atoms with E-state index in [9.17, 15) is 13.2 Å². The summed E-state index contributed by atoms with van der Waals surface area (Å²) in [5, 5.41) is 17.2. The average molecular weight is 747 g/mol. The van der Waals surface area contributed by atoms with E-state index in [-0.39, 0.29) is 71.4 Å². The minimum Gasteiger partial charge on any atom is -0.493 e. The number of carbonyl (C=O) groups is 1. The molecule has 17 heteroatoms. The minimum atomic E-state index is -4.25. The summed E-state index contributed by atoms with van der Waals surface area (Å²) in [4.78, 5) is 34.6. The lowest BCUT2D eigenvalue weighted by atomic mass is 9.87. The highest BCUT2D eigenvalue weighted by Crippen LogP contribution is 2.41. The Morgan fingerprint density at radius 3 is 2.23 bits per heavy atom. The van der Waals surface area contributed by atoms with E-state index in [1.54, 1.807) is 66.7 Å². The highest BCUT2D eigenvalue weighted by molar-refractivity contribution is 7.92. The number of hydrogen-bond acceptors (Lipinski definition) is 15. The molecule has 16 nitrogen and oxygen atoms in total. The van der Waals surface area contributed by atoms with Crippen LogP contribution in [0.25, 0.3) is 11.6 Å². The van der Waals surface area contributed by atoms with Crippen molar-refractivity contribution in [1.82, 2.24) is 25.3 Å². The fraction of sp³-hybridized carbons (Fsp3) is 0.250. The van der Waals surface area contributed by atoms with Crippen molar-refractivity contribution in [3.63, 3.8) is 0 Å². The van der Waals surface area contributed by atoms with E-state index in [1.165, 1.54) is 31.6 Å². The van der Waals surface area contributed by atoms with Crippen LogP contribution < -0.4 is 18.9 Å². The summed E-state index contributed by atoms with van der Waals surface area (Å²) >= 11 is 0. The van der Waals surface area contributed by atoms with E-state index in [0.717, 1.165) is 5.56 Å². The van der Waals surface area contributed by atoms with E-state index in [0.29, 0.717) is 16.9 Å². The second-order valence-corrected chi connectivity index (χ2v) is 14.0. The van der Waals surface area contributed by atoms with Crippen molar-refractivity contribution < 1.29 is 47.4 Å². The molecule has 2 aromatic heterocycles. The summed E-state index contributed by atoms with van der Waals surface area (Å²) in [7, 11) is -2.80. The monoisotopic (exact) mass is 746 g/mol. The van der Waals surface area contributed by atoms with E-state index in [1.807, 2.05) is 20.8 Å². The number of esters is 1. The summed E-state index contributed by atoms with van der Waals surface area (Å²) in [5.41, 5.74) is 1.93. The van der Waals surface area contributed by atoms with Gasteiger partial charge in [-0.15, -0.1) is 0 Å². The Morgan fingerprint density at radius 2 is 1.55 bits per heavy atom. The molecule has 0 aliphatic rings. The standard InChI is InChI=1S/C36H38N6O10S/c1-36(2,3)26-13-15-27(16-14-26)53(46,47)41-32-31(52-29-12-6-5-11-28(29)48-4)35(40-34(39-32)33-37-17-8-18-38-33)50-20-19-49-30(43)22-24-9-7-10-25(21-24)23-51-42(44)45/h5-18,21,44-45H,19-20,22-23H2,1-4H3,(H,39,40,41). The Kier molecular flexibility index (Phi) is 12.5. The van der Waals surface area contributed by atoms with Gasteiger partial charge in [0.1, 0.15) is 13.2 Å². The van der Waals surface area contributed by atoms with Crippen LogP contribution in [0.1, 0.15) is 37.5 Å². The van der Waals surface area contributed by atoms with E-state index in [2.05, 4.69) is 29.5 Å². The van der Waals surface area contributed by atoms with Crippen molar-refractivity contribution in [2.24, 2.45) is 0 Å². The molecule has 2 heterocycles. The number of nitrogens with zero attached hydrogens (tertiary/aromatic N) is 5. The van der Waals surface area contributed by atoms with Crippen molar-refractivity contribution in [2.45, 2.75) is 44.1 Å². The molecular formula is C36H38N6O10S. The van der Waals surface area contributed by atoms with Crippen LogP contribution in [-0.2, 0) is 42.8 Å². The normalized spacial score (nSPS) is 11.6. The first-order valence-electron chi connectivity index (χ1n) is 16.1. The number of aromatic nitrogens is 4. The van der Waals surface area contributed by atoms with Crippen LogP contribution in [0.15, 0.2) is 96.2 Å². The maximum absolute atomic E-state index is 13.8. The maximum atomic E-state index is 13.8.